The average molecular weight is 411 g/mol. The van der Waals surface area contributed by atoms with Crippen molar-refractivity contribution in [3.05, 3.63) is 58.1 Å². The monoisotopic (exact) mass is 410 g/mol. The molecule has 0 spiro atoms. The van der Waals surface area contributed by atoms with Crippen LogP contribution in [0.15, 0.2) is 30.3 Å². The first-order valence-electron chi connectivity index (χ1n) is 10.1. The Labute approximate surface area is 178 Å². The fraction of sp³-hybridized carbons (Fsp3) is 0.417. The molecule has 6 nitrogen and oxygen atoms in total. The molecule has 0 bridgehead atoms. The van der Waals surface area contributed by atoms with Crippen LogP contribution in [0.25, 0.3) is 0 Å². The number of rotatable bonds is 2. The zero-order chi connectivity index (χ0) is 22.2. The lowest BCUT2D eigenvalue weighted by atomic mass is 10.0. The smallest absolute Gasteiger partial charge is 0.272 e. The van der Waals surface area contributed by atoms with Gasteiger partial charge < -0.3 is 9.47 Å². The maximum atomic E-state index is 13.3. The fourth-order valence-corrected chi connectivity index (χ4v) is 3.53. The van der Waals surface area contributed by atoms with E-state index in [4.69, 9.17) is 9.47 Å². The molecule has 2 aromatic rings. The van der Waals surface area contributed by atoms with Gasteiger partial charge in [0.1, 0.15) is 12.7 Å². The largest absolute Gasteiger partial charge is 0.486 e. The summed E-state index contributed by atoms with van der Waals surface area (Å²) in [5.41, 5.74) is 5.85. The average Bonchev–Trinajstić information content (AvgIpc) is 2.64. The summed E-state index contributed by atoms with van der Waals surface area (Å²) in [6.07, 6.45) is -0.0910. The Hall–Kier alpha value is -3.02. The quantitative estimate of drug-likeness (QED) is 0.747. The molecule has 0 aromatic heterocycles. The second-order valence-corrected chi connectivity index (χ2v) is 8.93. The summed E-state index contributed by atoms with van der Waals surface area (Å²) in [6.45, 7) is 13.7. The van der Waals surface area contributed by atoms with Crippen LogP contribution < -0.4 is 14.9 Å². The molecule has 0 saturated carbocycles. The standard InChI is InChI=1S/C24H30N2O4/c1-14-10-15(2)12-18(11-14)23(28)26(24(5,6)7)25-22(27)19-8-9-20-21(17(19)4)30-16(3)13-29-20/h8-12,16H,13H2,1-7H3,(H,25,27). The summed E-state index contributed by atoms with van der Waals surface area (Å²) in [6, 6.07) is 9.10. The van der Waals surface area contributed by atoms with Crippen molar-refractivity contribution in [2.45, 2.75) is 60.1 Å². The number of nitrogens with zero attached hydrogens (tertiary/aromatic N) is 1. The fourth-order valence-electron chi connectivity index (χ4n) is 3.53. The Kier molecular flexibility index (Phi) is 5.79. The molecule has 6 heteroatoms. The number of carbonyl (C=O) groups is 2. The van der Waals surface area contributed by atoms with Gasteiger partial charge in [-0.15, -0.1) is 0 Å². The van der Waals surface area contributed by atoms with Crippen molar-refractivity contribution < 1.29 is 19.1 Å². The van der Waals surface area contributed by atoms with Crippen molar-refractivity contribution >= 4 is 11.8 Å². The minimum atomic E-state index is -0.624. The Morgan fingerprint density at radius 1 is 1.07 bits per heavy atom. The third kappa shape index (κ3) is 4.42. The van der Waals surface area contributed by atoms with Gasteiger partial charge in [-0.3, -0.25) is 15.0 Å². The van der Waals surface area contributed by atoms with Gasteiger partial charge in [-0.05, 0) is 72.7 Å². The SMILES string of the molecule is Cc1cc(C)cc(C(=O)N(NC(=O)c2ccc3c(c2C)OC(C)CO3)C(C)(C)C)c1. The maximum Gasteiger partial charge on any atom is 0.272 e. The molecule has 30 heavy (non-hydrogen) atoms. The number of aryl methyl sites for hydroxylation is 2. The number of ether oxygens (including phenoxy) is 2. The molecule has 0 saturated heterocycles. The second kappa shape index (κ2) is 8.01. The van der Waals surface area contributed by atoms with Gasteiger partial charge in [0.25, 0.3) is 11.8 Å². The molecule has 3 rings (SSSR count). The molecular weight excluding hydrogens is 380 g/mol. The van der Waals surface area contributed by atoms with E-state index in [1.54, 1.807) is 12.1 Å². The van der Waals surface area contributed by atoms with E-state index in [-0.39, 0.29) is 17.9 Å². The second-order valence-electron chi connectivity index (χ2n) is 8.93. The predicted octanol–water partition coefficient (Wildman–Crippen LogP) is 4.36. The van der Waals surface area contributed by atoms with Crippen LogP contribution in [0.4, 0.5) is 0 Å². The van der Waals surface area contributed by atoms with Crippen LogP contribution in [-0.2, 0) is 0 Å². The van der Waals surface area contributed by atoms with Gasteiger partial charge in [0.2, 0.25) is 0 Å². The van der Waals surface area contributed by atoms with Crippen LogP contribution in [-0.4, -0.2) is 35.1 Å². The van der Waals surface area contributed by atoms with Crippen molar-refractivity contribution in [1.29, 1.82) is 0 Å². The number of carbonyl (C=O) groups excluding carboxylic acids is 2. The van der Waals surface area contributed by atoms with Crippen molar-refractivity contribution in [2.24, 2.45) is 0 Å². The molecule has 1 N–H and O–H groups in total. The first-order chi connectivity index (χ1) is 14.0. The van der Waals surface area contributed by atoms with Gasteiger partial charge in [-0.1, -0.05) is 17.2 Å². The van der Waals surface area contributed by atoms with Crippen LogP contribution in [0.1, 0.15) is 65.1 Å². The van der Waals surface area contributed by atoms with Crippen molar-refractivity contribution in [1.82, 2.24) is 10.4 Å². The van der Waals surface area contributed by atoms with Crippen molar-refractivity contribution in [2.75, 3.05) is 6.61 Å². The van der Waals surface area contributed by atoms with E-state index in [0.29, 0.717) is 34.8 Å². The highest BCUT2D eigenvalue weighted by Crippen LogP contribution is 2.36. The van der Waals surface area contributed by atoms with Gasteiger partial charge in [0.15, 0.2) is 11.5 Å². The Balaban J connectivity index is 1.92. The lowest BCUT2D eigenvalue weighted by molar-refractivity contribution is 0.0357. The minimum Gasteiger partial charge on any atom is -0.486 e. The number of amides is 2. The maximum absolute atomic E-state index is 13.3. The Morgan fingerprint density at radius 2 is 1.70 bits per heavy atom. The molecule has 0 radical (unpaired) electrons. The predicted molar refractivity (Wildman–Crippen MR) is 116 cm³/mol. The number of hydrogen-bond donors (Lipinski definition) is 1. The summed E-state index contributed by atoms with van der Waals surface area (Å²) in [5, 5.41) is 1.39. The summed E-state index contributed by atoms with van der Waals surface area (Å²) in [4.78, 5) is 26.4. The zero-order valence-corrected chi connectivity index (χ0v) is 18.8. The molecule has 1 aliphatic rings. The van der Waals surface area contributed by atoms with E-state index in [2.05, 4.69) is 5.43 Å². The highest BCUT2D eigenvalue weighted by Gasteiger charge is 2.31. The van der Waals surface area contributed by atoms with Crippen molar-refractivity contribution in [3.8, 4) is 11.5 Å². The van der Waals surface area contributed by atoms with Crippen LogP contribution >= 0.6 is 0 Å². The number of nitrogens with one attached hydrogen (secondary N) is 1. The third-order valence-corrected chi connectivity index (χ3v) is 4.96. The van der Waals surface area contributed by atoms with Gasteiger partial charge in [-0.2, -0.15) is 0 Å². The molecule has 160 valence electrons. The van der Waals surface area contributed by atoms with E-state index in [0.717, 1.165) is 11.1 Å². The van der Waals surface area contributed by atoms with Gasteiger partial charge in [-0.25, -0.2) is 5.01 Å². The molecule has 2 aromatic carbocycles. The zero-order valence-electron chi connectivity index (χ0n) is 18.8. The first kappa shape index (κ1) is 21.7. The molecule has 1 unspecified atom stereocenters. The third-order valence-electron chi connectivity index (χ3n) is 4.96. The summed E-state index contributed by atoms with van der Waals surface area (Å²) in [5.74, 6) is 0.571. The van der Waals surface area contributed by atoms with E-state index in [1.807, 2.05) is 66.7 Å². The van der Waals surface area contributed by atoms with Crippen molar-refractivity contribution in [3.63, 3.8) is 0 Å². The molecule has 1 aliphatic heterocycles. The first-order valence-corrected chi connectivity index (χ1v) is 10.1. The summed E-state index contributed by atoms with van der Waals surface area (Å²) in [7, 11) is 0. The Morgan fingerprint density at radius 3 is 2.30 bits per heavy atom. The molecular formula is C24H30N2O4. The molecule has 1 heterocycles. The molecule has 2 amide bonds. The lowest BCUT2D eigenvalue weighted by Crippen LogP contribution is -2.56. The summed E-state index contributed by atoms with van der Waals surface area (Å²) >= 11 is 0. The van der Waals surface area contributed by atoms with E-state index in [9.17, 15) is 9.59 Å². The van der Waals surface area contributed by atoms with E-state index < -0.39 is 5.54 Å². The number of hydrogen-bond acceptors (Lipinski definition) is 4. The van der Waals surface area contributed by atoms with Gasteiger partial charge in [0, 0.05) is 16.7 Å². The molecule has 0 aliphatic carbocycles. The van der Waals surface area contributed by atoms with Crippen LogP contribution in [0.2, 0.25) is 0 Å². The molecule has 0 fully saturated rings. The Bertz CT molecular complexity index is 971. The van der Waals surface area contributed by atoms with Crippen LogP contribution in [0.5, 0.6) is 11.5 Å². The normalized spacial score (nSPS) is 15.5. The van der Waals surface area contributed by atoms with Gasteiger partial charge in [0.05, 0.1) is 5.54 Å². The highest BCUT2D eigenvalue weighted by atomic mass is 16.6. The molecule has 1 atom stereocenters. The van der Waals surface area contributed by atoms with E-state index >= 15 is 0 Å². The number of benzene rings is 2. The lowest BCUT2D eigenvalue weighted by Gasteiger charge is -2.36. The van der Waals surface area contributed by atoms with Crippen LogP contribution in [0, 0.1) is 20.8 Å². The summed E-state index contributed by atoms with van der Waals surface area (Å²) < 4.78 is 11.6. The van der Waals surface area contributed by atoms with Gasteiger partial charge >= 0.3 is 0 Å². The number of hydrazine groups is 1. The minimum absolute atomic E-state index is 0.0910. The number of fused-ring (bicyclic) bond motifs is 1. The highest BCUT2D eigenvalue weighted by molar-refractivity contribution is 6.00. The topological polar surface area (TPSA) is 67.9 Å². The van der Waals surface area contributed by atoms with Crippen LogP contribution in [0.3, 0.4) is 0 Å². The van der Waals surface area contributed by atoms with E-state index in [1.165, 1.54) is 5.01 Å².